The summed E-state index contributed by atoms with van der Waals surface area (Å²) in [5.41, 5.74) is -0.0245. The topological polar surface area (TPSA) is 47.6 Å². The molecule has 1 aliphatic rings. The van der Waals surface area contributed by atoms with Gasteiger partial charge in [0, 0.05) is 18.2 Å². The standard InChI is InChI=1S/C16H22ClNO3/c1-11-9-12(6-7-14(11)17)21-16(2,3)15(19)18-10-13-5-4-8-20-13/h6-7,9,13H,4-5,8,10H2,1-3H3,(H,18,19)/t13-/m1/s1. The number of rotatable bonds is 5. The Balaban J connectivity index is 1.92. The Morgan fingerprint density at radius 2 is 2.29 bits per heavy atom. The Morgan fingerprint density at radius 3 is 2.90 bits per heavy atom. The smallest absolute Gasteiger partial charge is 0.263 e. The summed E-state index contributed by atoms with van der Waals surface area (Å²) < 4.78 is 11.3. The predicted molar refractivity (Wildman–Crippen MR) is 82.9 cm³/mol. The van der Waals surface area contributed by atoms with Crippen molar-refractivity contribution in [2.45, 2.75) is 45.3 Å². The summed E-state index contributed by atoms with van der Waals surface area (Å²) in [4.78, 5) is 12.3. The quantitative estimate of drug-likeness (QED) is 0.909. The zero-order valence-corrected chi connectivity index (χ0v) is 13.5. The van der Waals surface area contributed by atoms with Crippen molar-refractivity contribution in [1.29, 1.82) is 0 Å². The Kier molecular flexibility index (Phi) is 5.12. The lowest BCUT2D eigenvalue weighted by atomic mass is 10.1. The van der Waals surface area contributed by atoms with Gasteiger partial charge in [0.1, 0.15) is 5.75 Å². The molecule has 5 heteroatoms. The van der Waals surface area contributed by atoms with E-state index in [-0.39, 0.29) is 12.0 Å². The van der Waals surface area contributed by atoms with E-state index in [1.165, 1.54) is 0 Å². The van der Waals surface area contributed by atoms with Gasteiger partial charge in [-0.1, -0.05) is 11.6 Å². The van der Waals surface area contributed by atoms with E-state index in [0.29, 0.717) is 17.3 Å². The third kappa shape index (κ3) is 4.35. The van der Waals surface area contributed by atoms with Crippen molar-refractivity contribution in [2.75, 3.05) is 13.2 Å². The number of ether oxygens (including phenoxy) is 2. The molecule has 0 radical (unpaired) electrons. The Morgan fingerprint density at radius 1 is 1.52 bits per heavy atom. The maximum absolute atomic E-state index is 12.3. The van der Waals surface area contributed by atoms with Gasteiger partial charge < -0.3 is 14.8 Å². The molecule has 1 fully saturated rings. The van der Waals surface area contributed by atoms with Crippen LogP contribution in [0.3, 0.4) is 0 Å². The molecule has 116 valence electrons. The van der Waals surface area contributed by atoms with E-state index in [1.807, 2.05) is 13.0 Å². The van der Waals surface area contributed by atoms with Crippen LogP contribution >= 0.6 is 11.6 Å². The molecule has 1 aromatic rings. The second-order valence-corrected chi connectivity index (χ2v) is 6.28. The molecule has 0 spiro atoms. The highest BCUT2D eigenvalue weighted by Crippen LogP contribution is 2.24. The number of carbonyl (C=O) groups is 1. The summed E-state index contributed by atoms with van der Waals surface area (Å²) in [6.07, 6.45) is 2.19. The largest absolute Gasteiger partial charge is 0.478 e. The number of halogens is 1. The van der Waals surface area contributed by atoms with Gasteiger partial charge in [0.05, 0.1) is 6.10 Å². The average Bonchev–Trinajstić information content (AvgIpc) is 2.93. The maximum Gasteiger partial charge on any atom is 0.263 e. The van der Waals surface area contributed by atoms with Gasteiger partial charge in [-0.2, -0.15) is 0 Å². The van der Waals surface area contributed by atoms with Gasteiger partial charge in [-0.15, -0.1) is 0 Å². The fourth-order valence-corrected chi connectivity index (χ4v) is 2.36. The molecule has 1 aliphatic heterocycles. The zero-order chi connectivity index (χ0) is 15.5. The number of aryl methyl sites for hydroxylation is 1. The predicted octanol–water partition coefficient (Wildman–Crippen LogP) is 3.10. The summed E-state index contributed by atoms with van der Waals surface area (Å²) in [5, 5.41) is 3.58. The van der Waals surface area contributed by atoms with E-state index in [0.717, 1.165) is 25.0 Å². The normalized spacial score (nSPS) is 18.6. The molecular formula is C16H22ClNO3. The van der Waals surface area contributed by atoms with Crippen LogP contribution in [0.2, 0.25) is 5.02 Å². The number of benzene rings is 1. The molecular weight excluding hydrogens is 290 g/mol. The minimum atomic E-state index is -0.946. The molecule has 1 atom stereocenters. The van der Waals surface area contributed by atoms with Crippen LogP contribution in [0.15, 0.2) is 18.2 Å². The number of hydrogen-bond acceptors (Lipinski definition) is 3. The van der Waals surface area contributed by atoms with Crippen LogP contribution < -0.4 is 10.1 Å². The lowest BCUT2D eigenvalue weighted by Gasteiger charge is -2.26. The lowest BCUT2D eigenvalue weighted by molar-refractivity contribution is -0.134. The average molecular weight is 312 g/mol. The molecule has 0 bridgehead atoms. The van der Waals surface area contributed by atoms with Crippen molar-refractivity contribution in [1.82, 2.24) is 5.32 Å². The lowest BCUT2D eigenvalue weighted by Crippen LogP contribution is -2.48. The minimum Gasteiger partial charge on any atom is -0.478 e. The van der Waals surface area contributed by atoms with Gasteiger partial charge in [0.2, 0.25) is 0 Å². The Bertz CT molecular complexity index is 510. The van der Waals surface area contributed by atoms with Crippen LogP contribution in [-0.4, -0.2) is 30.8 Å². The highest BCUT2D eigenvalue weighted by molar-refractivity contribution is 6.31. The fourth-order valence-electron chi connectivity index (χ4n) is 2.25. The number of carbonyl (C=O) groups excluding carboxylic acids is 1. The van der Waals surface area contributed by atoms with Gasteiger partial charge in [0.25, 0.3) is 5.91 Å². The third-order valence-electron chi connectivity index (χ3n) is 3.56. The molecule has 1 N–H and O–H groups in total. The van der Waals surface area contributed by atoms with Gasteiger partial charge in [-0.3, -0.25) is 4.79 Å². The second-order valence-electron chi connectivity index (χ2n) is 5.87. The second kappa shape index (κ2) is 6.67. The number of amides is 1. The van der Waals surface area contributed by atoms with Crippen molar-refractivity contribution >= 4 is 17.5 Å². The minimum absolute atomic E-state index is 0.127. The molecule has 21 heavy (non-hydrogen) atoms. The van der Waals surface area contributed by atoms with Crippen LogP contribution in [0.25, 0.3) is 0 Å². The van der Waals surface area contributed by atoms with Crippen LogP contribution in [0.4, 0.5) is 0 Å². The zero-order valence-electron chi connectivity index (χ0n) is 12.7. The van der Waals surface area contributed by atoms with E-state index in [2.05, 4.69) is 5.32 Å². The van der Waals surface area contributed by atoms with E-state index in [9.17, 15) is 4.79 Å². The van der Waals surface area contributed by atoms with Crippen LogP contribution in [0.5, 0.6) is 5.75 Å². The van der Waals surface area contributed by atoms with Crippen LogP contribution in [-0.2, 0) is 9.53 Å². The van der Waals surface area contributed by atoms with Crippen LogP contribution in [0, 0.1) is 6.92 Å². The Hall–Kier alpha value is -1.26. The highest BCUT2D eigenvalue weighted by atomic mass is 35.5. The van der Waals surface area contributed by atoms with Crippen molar-refractivity contribution in [3.05, 3.63) is 28.8 Å². The molecule has 1 aromatic carbocycles. The molecule has 1 saturated heterocycles. The van der Waals surface area contributed by atoms with Crippen molar-refractivity contribution in [2.24, 2.45) is 0 Å². The van der Waals surface area contributed by atoms with Crippen LogP contribution in [0.1, 0.15) is 32.3 Å². The molecule has 1 heterocycles. The molecule has 2 rings (SSSR count). The van der Waals surface area contributed by atoms with E-state index >= 15 is 0 Å². The highest BCUT2D eigenvalue weighted by Gasteiger charge is 2.30. The summed E-state index contributed by atoms with van der Waals surface area (Å²) in [7, 11) is 0. The molecule has 0 aromatic heterocycles. The SMILES string of the molecule is Cc1cc(OC(C)(C)C(=O)NC[C@H]2CCCO2)ccc1Cl. The maximum atomic E-state index is 12.3. The summed E-state index contributed by atoms with van der Waals surface area (Å²) in [6, 6.07) is 5.37. The van der Waals surface area contributed by atoms with Crippen molar-refractivity contribution in [3.63, 3.8) is 0 Å². The molecule has 4 nitrogen and oxygen atoms in total. The number of nitrogens with one attached hydrogen (secondary N) is 1. The van der Waals surface area contributed by atoms with E-state index in [4.69, 9.17) is 21.1 Å². The first-order valence-electron chi connectivity index (χ1n) is 7.23. The third-order valence-corrected chi connectivity index (χ3v) is 3.99. The summed E-state index contributed by atoms with van der Waals surface area (Å²) in [5.74, 6) is 0.486. The summed E-state index contributed by atoms with van der Waals surface area (Å²) >= 11 is 5.99. The monoisotopic (exact) mass is 311 g/mol. The first-order valence-corrected chi connectivity index (χ1v) is 7.61. The molecule has 0 unspecified atom stereocenters. The first kappa shape index (κ1) is 16.1. The summed E-state index contributed by atoms with van der Waals surface area (Å²) in [6.45, 7) is 6.72. The van der Waals surface area contributed by atoms with Gasteiger partial charge in [0.15, 0.2) is 5.60 Å². The van der Waals surface area contributed by atoms with Crippen molar-refractivity contribution < 1.29 is 14.3 Å². The Labute approximate surface area is 130 Å². The van der Waals surface area contributed by atoms with E-state index < -0.39 is 5.60 Å². The van der Waals surface area contributed by atoms with E-state index in [1.54, 1.807) is 26.0 Å². The van der Waals surface area contributed by atoms with Gasteiger partial charge in [-0.05, 0) is 57.4 Å². The molecule has 0 saturated carbocycles. The molecule has 0 aliphatic carbocycles. The fraction of sp³-hybridized carbons (Fsp3) is 0.562. The first-order chi connectivity index (χ1) is 9.88. The van der Waals surface area contributed by atoms with Gasteiger partial charge in [-0.25, -0.2) is 0 Å². The molecule has 1 amide bonds. The number of hydrogen-bond donors (Lipinski definition) is 1. The van der Waals surface area contributed by atoms with Crippen molar-refractivity contribution in [3.8, 4) is 5.75 Å². The van der Waals surface area contributed by atoms with Gasteiger partial charge >= 0.3 is 0 Å².